The lowest BCUT2D eigenvalue weighted by Gasteiger charge is -2.21. The van der Waals surface area contributed by atoms with E-state index in [-0.39, 0.29) is 0 Å². The minimum absolute atomic E-state index is 0.806. The molecule has 2 heteroatoms. The Morgan fingerprint density at radius 3 is 2.53 bits per heavy atom. The Morgan fingerprint density at radius 2 is 2.00 bits per heavy atom. The summed E-state index contributed by atoms with van der Waals surface area (Å²) in [5.74, 6) is 0.945. The second-order valence-corrected chi connectivity index (χ2v) is 5.00. The molecule has 0 aliphatic heterocycles. The summed E-state index contributed by atoms with van der Waals surface area (Å²) in [5, 5.41) is 3.69. The Labute approximate surface area is 95.4 Å². The fraction of sp³-hybridized carbons (Fsp3) is 1.00. The highest BCUT2D eigenvalue weighted by Gasteiger charge is 2.20. The van der Waals surface area contributed by atoms with Gasteiger partial charge in [0, 0.05) is 19.1 Å². The van der Waals surface area contributed by atoms with E-state index < -0.39 is 0 Å². The van der Waals surface area contributed by atoms with Crippen LogP contribution in [-0.4, -0.2) is 37.1 Å². The van der Waals surface area contributed by atoms with Crippen molar-refractivity contribution >= 4 is 0 Å². The fourth-order valence-electron chi connectivity index (χ4n) is 2.56. The van der Waals surface area contributed by atoms with Crippen molar-refractivity contribution in [2.24, 2.45) is 5.92 Å². The molecule has 0 aromatic carbocycles. The summed E-state index contributed by atoms with van der Waals surface area (Å²) in [4.78, 5) is 2.53. The first-order valence-corrected chi connectivity index (χ1v) is 6.72. The molecule has 0 amide bonds. The highest BCUT2D eigenvalue weighted by Crippen LogP contribution is 2.24. The first kappa shape index (κ1) is 13.0. The SMILES string of the molecule is CCCN(CC)CCNC1CCC(C)C1. The van der Waals surface area contributed by atoms with Crippen molar-refractivity contribution in [2.45, 2.75) is 52.5 Å². The van der Waals surface area contributed by atoms with Gasteiger partial charge < -0.3 is 10.2 Å². The van der Waals surface area contributed by atoms with Crippen LogP contribution in [0.25, 0.3) is 0 Å². The standard InChI is InChI=1S/C13H28N2/c1-4-9-15(5-2)10-8-14-13-7-6-12(3)11-13/h12-14H,4-11H2,1-3H3. The van der Waals surface area contributed by atoms with Crippen LogP contribution in [0.2, 0.25) is 0 Å². The Morgan fingerprint density at radius 1 is 1.20 bits per heavy atom. The van der Waals surface area contributed by atoms with Gasteiger partial charge in [-0.25, -0.2) is 0 Å². The molecular weight excluding hydrogens is 184 g/mol. The minimum atomic E-state index is 0.806. The number of hydrogen-bond acceptors (Lipinski definition) is 2. The van der Waals surface area contributed by atoms with Gasteiger partial charge in [-0.3, -0.25) is 0 Å². The van der Waals surface area contributed by atoms with Gasteiger partial charge in [-0.2, -0.15) is 0 Å². The number of nitrogens with one attached hydrogen (secondary N) is 1. The molecule has 1 aliphatic carbocycles. The van der Waals surface area contributed by atoms with Crippen LogP contribution in [0.5, 0.6) is 0 Å². The second-order valence-electron chi connectivity index (χ2n) is 5.00. The monoisotopic (exact) mass is 212 g/mol. The summed E-state index contributed by atoms with van der Waals surface area (Å²) >= 11 is 0. The molecule has 1 fully saturated rings. The fourth-order valence-corrected chi connectivity index (χ4v) is 2.56. The molecule has 1 saturated carbocycles. The molecular formula is C13H28N2. The molecule has 0 heterocycles. The first-order valence-electron chi connectivity index (χ1n) is 6.72. The summed E-state index contributed by atoms with van der Waals surface area (Å²) in [6.45, 7) is 11.7. The molecule has 0 bridgehead atoms. The zero-order valence-electron chi connectivity index (χ0n) is 10.8. The topological polar surface area (TPSA) is 15.3 Å². The molecule has 0 aromatic rings. The van der Waals surface area contributed by atoms with Gasteiger partial charge >= 0.3 is 0 Å². The molecule has 2 unspecified atom stereocenters. The predicted molar refractivity (Wildman–Crippen MR) is 67.2 cm³/mol. The zero-order valence-corrected chi connectivity index (χ0v) is 10.8. The van der Waals surface area contributed by atoms with E-state index in [0.717, 1.165) is 12.0 Å². The quantitative estimate of drug-likeness (QED) is 0.697. The molecule has 15 heavy (non-hydrogen) atoms. The van der Waals surface area contributed by atoms with Crippen LogP contribution in [0, 0.1) is 5.92 Å². The zero-order chi connectivity index (χ0) is 11.1. The molecule has 0 spiro atoms. The van der Waals surface area contributed by atoms with Gasteiger partial charge in [0.05, 0.1) is 0 Å². The van der Waals surface area contributed by atoms with Crippen LogP contribution >= 0.6 is 0 Å². The largest absolute Gasteiger partial charge is 0.313 e. The van der Waals surface area contributed by atoms with Gasteiger partial charge in [0.15, 0.2) is 0 Å². The molecule has 2 nitrogen and oxygen atoms in total. The van der Waals surface area contributed by atoms with Gasteiger partial charge in [0.2, 0.25) is 0 Å². The number of rotatable bonds is 7. The van der Waals surface area contributed by atoms with Crippen molar-refractivity contribution in [1.82, 2.24) is 10.2 Å². The van der Waals surface area contributed by atoms with E-state index in [2.05, 4.69) is 31.0 Å². The minimum Gasteiger partial charge on any atom is -0.313 e. The smallest absolute Gasteiger partial charge is 0.0107 e. The van der Waals surface area contributed by atoms with Crippen LogP contribution < -0.4 is 5.32 Å². The Bertz CT molecular complexity index is 155. The molecule has 0 radical (unpaired) electrons. The summed E-state index contributed by atoms with van der Waals surface area (Å²) < 4.78 is 0. The molecule has 1 aliphatic rings. The summed E-state index contributed by atoms with van der Waals surface area (Å²) in [6, 6.07) is 0.806. The predicted octanol–water partition coefficient (Wildman–Crippen LogP) is 2.50. The van der Waals surface area contributed by atoms with Gasteiger partial charge in [0.1, 0.15) is 0 Å². The number of likely N-dealkylation sites (N-methyl/N-ethyl adjacent to an activating group) is 1. The lowest BCUT2D eigenvalue weighted by atomic mass is 10.1. The number of nitrogens with zero attached hydrogens (tertiary/aromatic N) is 1. The second kappa shape index (κ2) is 7.24. The third kappa shape index (κ3) is 4.98. The summed E-state index contributed by atoms with van der Waals surface area (Å²) in [6.07, 6.45) is 5.47. The van der Waals surface area contributed by atoms with Gasteiger partial charge in [-0.05, 0) is 44.7 Å². The average molecular weight is 212 g/mol. The Kier molecular flexibility index (Phi) is 6.26. The summed E-state index contributed by atoms with van der Waals surface area (Å²) in [5.41, 5.74) is 0. The molecule has 90 valence electrons. The van der Waals surface area contributed by atoms with Crippen molar-refractivity contribution in [3.63, 3.8) is 0 Å². The lowest BCUT2D eigenvalue weighted by molar-refractivity contribution is 0.282. The Balaban J connectivity index is 2.04. The van der Waals surface area contributed by atoms with Crippen LogP contribution in [0.1, 0.15) is 46.5 Å². The van der Waals surface area contributed by atoms with Crippen LogP contribution in [0.4, 0.5) is 0 Å². The van der Waals surface area contributed by atoms with E-state index in [4.69, 9.17) is 0 Å². The van der Waals surface area contributed by atoms with Crippen molar-refractivity contribution in [1.29, 1.82) is 0 Å². The molecule has 1 rings (SSSR count). The summed E-state index contributed by atoms with van der Waals surface area (Å²) in [7, 11) is 0. The van der Waals surface area contributed by atoms with E-state index in [1.54, 1.807) is 0 Å². The maximum Gasteiger partial charge on any atom is 0.0107 e. The maximum atomic E-state index is 3.69. The highest BCUT2D eigenvalue weighted by molar-refractivity contribution is 4.78. The van der Waals surface area contributed by atoms with Crippen LogP contribution in [0.3, 0.4) is 0 Å². The normalized spacial score (nSPS) is 26.4. The number of hydrogen-bond donors (Lipinski definition) is 1. The van der Waals surface area contributed by atoms with Crippen molar-refractivity contribution in [3.05, 3.63) is 0 Å². The van der Waals surface area contributed by atoms with Gasteiger partial charge in [-0.1, -0.05) is 20.8 Å². The lowest BCUT2D eigenvalue weighted by Crippen LogP contribution is -2.36. The van der Waals surface area contributed by atoms with Gasteiger partial charge in [-0.15, -0.1) is 0 Å². The average Bonchev–Trinajstić information content (AvgIpc) is 2.63. The third-order valence-electron chi connectivity index (χ3n) is 3.54. The maximum absolute atomic E-state index is 3.69. The molecule has 1 N–H and O–H groups in total. The third-order valence-corrected chi connectivity index (χ3v) is 3.54. The highest BCUT2D eigenvalue weighted by atomic mass is 15.1. The molecule has 2 atom stereocenters. The van der Waals surface area contributed by atoms with Crippen molar-refractivity contribution in [2.75, 3.05) is 26.2 Å². The van der Waals surface area contributed by atoms with Crippen molar-refractivity contribution < 1.29 is 0 Å². The first-order chi connectivity index (χ1) is 7.26. The van der Waals surface area contributed by atoms with E-state index >= 15 is 0 Å². The Hall–Kier alpha value is -0.0800. The molecule has 0 aromatic heterocycles. The van der Waals surface area contributed by atoms with E-state index in [9.17, 15) is 0 Å². The van der Waals surface area contributed by atoms with E-state index in [1.165, 1.54) is 51.9 Å². The van der Waals surface area contributed by atoms with Crippen LogP contribution in [-0.2, 0) is 0 Å². The van der Waals surface area contributed by atoms with Crippen LogP contribution in [0.15, 0.2) is 0 Å². The van der Waals surface area contributed by atoms with E-state index in [0.29, 0.717) is 0 Å². The molecule has 0 saturated heterocycles. The van der Waals surface area contributed by atoms with E-state index in [1.807, 2.05) is 0 Å². The van der Waals surface area contributed by atoms with Gasteiger partial charge in [0.25, 0.3) is 0 Å². The van der Waals surface area contributed by atoms with Crippen molar-refractivity contribution in [3.8, 4) is 0 Å².